The molecular formula is C27H39NO2. The Morgan fingerprint density at radius 1 is 1.10 bits per heavy atom. The molecule has 0 aromatic heterocycles. The van der Waals surface area contributed by atoms with E-state index in [0.717, 1.165) is 43.9 Å². The molecule has 3 heteroatoms. The van der Waals surface area contributed by atoms with Gasteiger partial charge in [0, 0.05) is 25.4 Å². The third-order valence-electron chi connectivity index (χ3n) is 7.61. The number of hydrogen-bond acceptors (Lipinski definition) is 3. The van der Waals surface area contributed by atoms with Crippen LogP contribution < -0.4 is 0 Å². The fourth-order valence-electron chi connectivity index (χ4n) is 5.61. The molecule has 30 heavy (non-hydrogen) atoms. The van der Waals surface area contributed by atoms with E-state index in [1.54, 1.807) is 0 Å². The molecule has 1 aromatic rings. The second-order valence-corrected chi connectivity index (χ2v) is 9.69. The van der Waals surface area contributed by atoms with Crippen LogP contribution in [0.2, 0.25) is 0 Å². The molecule has 2 unspecified atom stereocenters. The highest BCUT2D eigenvalue weighted by atomic mass is 16.5. The van der Waals surface area contributed by atoms with Gasteiger partial charge in [-0.25, -0.2) is 0 Å². The smallest absolute Gasteiger partial charge is 0.113 e. The predicted molar refractivity (Wildman–Crippen MR) is 123 cm³/mol. The van der Waals surface area contributed by atoms with Crippen LogP contribution in [-0.2, 0) is 11.3 Å². The van der Waals surface area contributed by atoms with Crippen LogP contribution in [0.5, 0.6) is 0 Å². The molecule has 1 saturated carbocycles. The molecule has 0 amide bonds. The lowest BCUT2D eigenvalue weighted by atomic mass is 9.71. The van der Waals surface area contributed by atoms with Gasteiger partial charge in [-0.1, -0.05) is 74.6 Å². The van der Waals surface area contributed by atoms with Crippen molar-refractivity contribution in [3.05, 3.63) is 59.4 Å². The molecule has 1 aromatic carbocycles. The summed E-state index contributed by atoms with van der Waals surface area (Å²) in [4.78, 5) is 2.62. The van der Waals surface area contributed by atoms with Gasteiger partial charge in [0.05, 0.1) is 11.4 Å². The van der Waals surface area contributed by atoms with E-state index in [2.05, 4.69) is 48.2 Å². The monoisotopic (exact) mass is 409 g/mol. The maximum absolute atomic E-state index is 11.7. The summed E-state index contributed by atoms with van der Waals surface area (Å²) in [6.45, 7) is 6.37. The highest BCUT2D eigenvalue weighted by Gasteiger charge is 2.41. The van der Waals surface area contributed by atoms with E-state index in [4.69, 9.17) is 4.74 Å². The van der Waals surface area contributed by atoms with Crippen molar-refractivity contribution in [3.8, 4) is 0 Å². The molecule has 4 rings (SSSR count). The summed E-state index contributed by atoms with van der Waals surface area (Å²) in [6.07, 6.45) is 14.5. The van der Waals surface area contributed by atoms with Crippen molar-refractivity contribution in [2.24, 2.45) is 11.8 Å². The van der Waals surface area contributed by atoms with Crippen molar-refractivity contribution in [1.29, 1.82) is 0 Å². The minimum absolute atomic E-state index is 0.264. The summed E-state index contributed by atoms with van der Waals surface area (Å²) >= 11 is 0. The first-order valence-corrected chi connectivity index (χ1v) is 12.2. The van der Waals surface area contributed by atoms with E-state index in [1.807, 2.05) is 6.07 Å². The van der Waals surface area contributed by atoms with E-state index in [9.17, 15) is 5.11 Å². The average Bonchev–Trinajstić information content (AvgIpc) is 3.26. The highest BCUT2D eigenvalue weighted by Crippen LogP contribution is 2.41. The molecule has 3 aliphatic rings. The minimum Gasteiger partial charge on any atom is -0.493 e. The van der Waals surface area contributed by atoms with E-state index < -0.39 is 5.60 Å². The first kappa shape index (κ1) is 21.6. The van der Waals surface area contributed by atoms with Gasteiger partial charge in [0.2, 0.25) is 0 Å². The Morgan fingerprint density at radius 3 is 2.57 bits per heavy atom. The average molecular weight is 410 g/mol. The summed E-state index contributed by atoms with van der Waals surface area (Å²) in [5.74, 6) is 2.18. The summed E-state index contributed by atoms with van der Waals surface area (Å²) in [5.41, 5.74) is 2.12. The zero-order chi connectivity index (χ0) is 20.8. The molecule has 3 nitrogen and oxygen atoms in total. The number of ether oxygens (including phenoxy) is 1. The normalized spacial score (nSPS) is 25.5. The van der Waals surface area contributed by atoms with Crippen molar-refractivity contribution >= 4 is 0 Å². The Kier molecular flexibility index (Phi) is 7.32. The molecule has 164 valence electrons. The Bertz CT molecular complexity index is 732. The van der Waals surface area contributed by atoms with Gasteiger partial charge in [-0.15, -0.1) is 0 Å². The molecule has 1 heterocycles. The lowest BCUT2D eigenvalue weighted by molar-refractivity contribution is -0.0463. The number of allylic oxidation sites excluding steroid dienone is 3. The van der Waals surface area contributed by atoms with Crippen LogP contribution in [0.25, 0.3) is 0 Å². The molecule has 1 N–H and O–H groups in total. The Hall–Kier alpha value is -1.58. The van der Waals surface area contributed by atoms with Gasteiger partial charge in [-0.2, -0.15) is 0 Å². The van der Waals surface area contributed by atoms with Crippen LogP contribution in [0.3, 0.4) is 0 Å². The zero-order valence-electron chi connectivity index (χ0n) is 18.7. The fourth-order valence-corrected chi connectivity index (χ4v) is 5.61. The van der Waals surface area contributed by atoms with E-state index in [0.29, 0.717) is 6.61 Å². The standard InChI is InChI=1S/C27H39NO2/c1-2-22-15-18-28(19-22)20-26(27(29)16-7-4-8-17-27)24-11-13-25(14-12-24)30-21-23-9-5-3-6-10-23/h3,5-6,9-11,13,22,26,29H,2,4,7-8,12,14-21H2,1H3. The Labute approximate surface area is 182 Å². The van der Waals surface area contributed by atoms with Gasteiger partial charge in [0.15, 0.2) is 0 Å². The van der Waals surface area contributed by atoms with Gasteiger partial charge in [-0.3, -0.25) is 0 Å². The molecule has 2 aliphatic carbocycles. The van der Waals surface area contributed by atoms with Gasteiger partial charge in [0.25, 0.3) is 0 Å². The van der Waals surface area contributed by atoms with Crippen molar-refractivity contribution in [1.82, 2.24) is 4.90 Å². The van der Waals surface area contributed by atoms with Crippen molar-refractivity contribution in [2.45, 2.75) is 76.9 Å². The topological polar surface area (TPSA) is 32.7 Å². The number of nitrogens with zero attached hydrogens (tertiary/aromatic N) is 1. The number of aliphatic hydroxyl groups is 1. The third kappa shape index (κ3) is 5.36. The molecule has 0 radical (unpaired) electrons. The maximum Gasteiger partial charge on any atom is 0.113 e. The first-order chi connectivity index (χ1) is 14.7. The lowest BCUT2D eigenvalue weighted by Gasteiger charge is -2.43. The van der Waals surface area contributed by atoms with Crippen LogP contribution >= 0.6 is 0 Å². The van der Waals surface area contributed by atoms with Crippen molar-refractivity contribution < 1.29 is 9.84 Å². The van der Waals surface area contributed by atoms with Crippen LogP contribution in [0.4, 0.5) is 0 Å². The van der Waals surface area contributed by atoms with E-state index >= 15 is 0 Å². The van der Waals surface area contributed by atoms with Crippen LogP contribution in [-0.4, -0.2) is 35.2 Å². The zero-order valence-corrected chi connectivity index (χ0v) is 18.7. The number of benzene rings is 1. The van der Waals surface area contributed by atoms with Gasteiger partial charge >= 0.3 is 0 Å². The number of hydrogen-bond donors (Lipinski definition) is 1. The predicted octanol–water partition coefficient (Wildman–Crippen LogP) is 5.85. The summed E-state index contributed by atoms with van der Waals surface area (Å²) in [5, 5.41) is 11.7. The largest absolute Gasteiger partial charge is 0.493 e. The lowest BCUT2D eigenvalue weighted by Crippen LogP contribution is -2.46. The minimum atomic E-state index is -0.523. The van der Waals surface area contributed by atoms with Crippen LogP contribution in [0.15, 0.2) is 53.8 Å². The number of rotatable bonds is 8. The molecular weight excluding hydrogens is 370 g/mol. The Morgan fingerprint density at radius 2 is 1.90 bits per heavy atom. The van der Waals surface area contributed by atoms with Gasteiger partial charge < -0.3 is 14.7 Å². The second-order valence-electron chi connectivity index (χ2n) is 9.69. The fraction of sp³-hybridized carbons (Fsp3) is 0.630. The van der Waals surface area contributed by atoms with E-state index in [-0.39, 0.29) is 5.92 Å². The molecule has 1 aliphatic heterocycles. The first-order valence-electron chi connectivity index (χ1n) is 12.2. The molecule has 2 atom stereocenters. The molecule has 0 spiro atoms. The van der Waals surface area contributed by atoms with E-state index in [1.165, 1.54) is 56.3 Å². The number of likely N-dealkylation sites (tertiary alicyclic amines) is 1. The maximum atomic E-state index is 11.7. The quantitative estimate of drug-likeness (QED) is 0.584. The SMILES string of the molecule is CCC1CCN(CC(C2=CC=C(OCc3ccccc3)CC2)C2(O)CCCCC2)C1. The summed E-state index contributed by atoms with van der Waals surface area (Å²) in [7, 11) is 0. The van der Waals surface area contributed by atoms with Gasteiger partial charge in [0.1, 0.15) is 6.61 Å². The molecule has 0 bridgehead atoms. The molecule has 2 fully saturated rings. The van der Waals surface area contributed by atoms with Crippen molar-refractivity contribution in [3.63, 3.8) is 0 Å². The second kappa shape index (κ2) is 10.2. The Balaban J connectivity index is 1.44. The third-order valence-corrected chi connectivity index (χ3v) is 7.61. The molecule has 1 saturated heterocycles. The summed E-state index contributed by atoms with van der Waals surface area (Å²) < 4.78 is 6.07. The van der Waals surface area contributed by atoms with Crippen LogP contribution in [0.1, 0.15) is 70.3 Å². The van der Waals surface area contributed by atoms with Gasteiger partial charge in [-0.05, 0) is 49.8 Å². The van der Waals surface area contributed by atoms with Crippen molar-refractivity contribution in [2.75, 3.05) is 19.6 Å². The van der Waals surface area contributed by atoms with Crippen LogP contribution in [0, 0.1) is 11.8 Å². The highest BCUT2D eigenvalue weighted by molar-refractivity contribution is 5.26. The summed E-state index contributed by atoms with van der Waals surface area (Å²) in [6, 6.07) is 10.4.